The molecule has 0 aliphatic heterocycles. The Morgan fingerprint density at radius 3 is 2.28 bits per heavy atom. The Morgan fingerprint density at radius 1 is 0.833 bits per heavy atom. The minimum atomic E-state index is -0.991. The Kier molecular flexibility index (Phi) is 7.65. The summed E-state index contributed by atoms with van der Waals surface area (Å²) in [5.74, 6) is -0.676. The lowest BCUT2D eigenvalue weighted by Gasteiger charge is -2.33. The molecule has 2 heterocycles. The lowest BCUT2D eigenvalue weighted by Crippen LogP contribution is -2.47. The minimum absolute atomic E-state index is 0.0943. The first kappa shape index (κ1) is 24.5. The van der Waals surface area contributed by atoms with Gasteiger partial charge in [-0.1, -0.05) is 42.5 Å². The molecule has 4 rings (SSSR count). The Bertz CT molecular complexity index is 1310. The van der Waals surface area contributed by atoms with Crippen molar-refractivity contribution in [3.05, 3.63) is 114 Å². The summed E-state index contributed by atoms with van der Waals surface area (Å²) in [7, 11) is 0. The lowest BCUT2D eigenvalue weighted by atomic mass is 10.00. The number of hydrogen-bond donors (Lipinski definition) is 2. The van der Waals surface area contributed by atoms with Crippen LogP contribution >= 0.6 is 0 Å². The third kappa shape index (κ3) is 5.55. The topological polar surface area (TPSA) is 105 Å². The van der Waals surface area contributed by atoms with E-state index in [1.807, 2.05) is 44.2 Å². The van der Waals surface area contributed by atoms with Crippen molar-refractivity contribution in [2.75, 3.05) is 11.4 Å². The Labute approximate surface area is 208 Å². The quantitative estimate of drug-likeness (QED) is 0.368. The van der Waals surface area contributed by atoms with Crippen LogP contribution in [0.3, 0.4) is 0 Å². The summed E-state index contributed by atoms with van der Waals surface area (Å²) in [6, 6.07) is 20.2. The van der Waals surface area contributed by atoms with Crippen molar-refractivity contribution in [1.82, 2.24) is 10.6 Å². The molecule has 3 amide bonds. The molecule has 0 saturated carbocycles. The smallest absolute Gasteiger partial charge is 0.287 e. The number of nitrogens with zero attached hydrogens (tertiary/aromatic N) is 1. The van der Waals surface area contributed by atoms with E-state index in [1.54, 1.807) is 36.4 Å². The van der Waals surface area contributed by atoms with Crippen LogP contribution in [0.1, 0.15) is 39.0 Å². The van der Waals surface area contributed by atoms with Gasteiger partial charge in [0.15, 0.2) is 5.76 Å². The van der Waals surface area contributed by atoms with Gasteiger partial charge in [0.05, 0.1) is 25.6 Å². The molecule has 1 unspecified atom stereocenters. The van der Waals surface area contributed by atoms with Crippen molar-refractivity contribution < 1.29 is 23.2 Å². The molecular weight excluding hydrogens is 458 g/mol. The van der Waals surface area contributed by atoms with Crippen LogP contribution in [-0.2, 0) is 16.1 Å². The molecule has 0 bridgehead atoms. The summed E-state index contributed by atoms with van der Waals surface area (Å²) in [5, 5.41) is 5.48. The molecule has 2 N–H and O–H groups in total. The Hall–Kier alpha value is -4.59. The fraction of sp³-hybridized carbons (Fsp3) is 0.179. The van der Waals surface area contributed by atoms with Crippen molar-refractivity contribution in [3.63, 3.8) is 0 Å². The van der Waals surface area contributed by atoms with Gasteiger partial charge in [0.2, 0.25) is 11.8 Å². The number of carbonyl (C=O) groups is 3. The van der Waals surface area contributed by atoms with E-state index in [4.69, 9.17) is 8.83 Å². The molecule has 8 nitrogen and oxygen atoms in total. The Balaban J connectivity index is 1.70. The second kappa shape index (κ2) is 11.2. The predicted molar refractivity (Wildman–Crippen MR) is 134 cm³/mol. The summed E-state index contributed by atoms with van der Waals surface area (Å²) in [6.07, 6.45) is 2.91. The fourth-order valence-electron chi connectivity index (χ4n) is 3.89. The number of benzene rings is 2. The molecule has 0 spiro atoms. The monoisotopic (exact) mass is 485 g/mol. The number of furan rings is 2. The van der Waals surface area contributed by atoms with E-state index in [9.17, 15) is 14.4 Å². The molecule has 184 valence electrons. The number of nitrogens with one attached hydrogen (secondary N) is 2. The van der Waals surface area contributed by atoms with Crippen LogP contribution < -0.4 is 15.5 Å². The van der Waals surface area contributed by atoms with Gasteiger partial charge in [-0.2, -0.15) is 0 Å². The minimum Gasteiger partial charge on any atom is -0.467 e. The largest absolute Gasteiger partial charge is 0.467 e. The van der Waals surface area contributed by atoms with E-state index >= 15 is 0 Å². The van der Waals surface area contributed by atoms with Crippen molar-refractivity contribution in [1.29, 1.82) is 0 Å². The van der Waals surface area contributed by atoms with E-state index in [1.165, 1.54) is 23.5 Å². The molecule has 2 aromatic heterocycles. The average molecular weight is 486 g/mol. The van der Waals surface area contributed by atoms with Crippen molar-refractivity contribution in [2.45, 2.75) is 26.4 Å². The van der Waals surface area contributed by atoms with Crippen LogP contribution in [0.4, 0.5) is 5.69 Å². The van der Waals surface area contributed by atoms with Gasteiger partial charge in [-0.3, -0.25) is 19.3 Å². The molecule has 8 heteroatoms. The van der Waals surface area contributed by atoms with Crippen LogP contribution in [0.2, 0.25) is 0 Å². The lowest BCUT2D eigenvalue weighted by molar-refractivity contribution is -0.126. The molecule has 0 fully saturated rings. The molecule has 4 aromatic rings. The number of carbonyl (C=O) groups excluding carboxylic acids is 3. The number of anilines is 1. The first-order valence-electron chi connectivity index (χ1n) is 11.5. The van der Waals surface area contributed by atoms with E-state index in [0.717, 1.165) is 11.1 Å². The van der Waals surface area contributed by atoms with Crippen LogP contribution in [0.25, 0.3) is 0 Å². The van der Waals surface area contributed by atoms with E-state index < -0.39 is 17.9 Å². The van der Waals surface area contributed by atoms with Crippen LogP contribution in [0.15, 0.2) is 94.2 Å². The van der Waals surface area contributed by atoms with Crippen LogP contribution in [0, 0.1) is 13.8 Å². The molecule has 0 aliphatic rings. The standard InChI is InChI=1S/C28H27N3O5/c1-19-9-6-13-23(20(19)2)31(25(32)18-30-27(33)24-14-8-16-36-24)26(21-10-4-3-5-11-21)28(34)29-17-22-12-7-15-35-22/h3-16,26H,17-18H2,1-2H3,(H,29,34)(H,30,33). The number of amides is 3. The third-order valence-corrected chi connectivity index (χ3v) is 5.89. The summed E-state index contributed by atoms with van der Waals surface area (Å²) >= 11 is 0. The van der Waals surface area contributed by atoms with Crippen molar-refractivity contribution >= 4 is 23.4 Å². The second-order valence-electron chi connectivity index (χ2n) is 8.25. The maximum atomic E-state index is 13.7. The summed E-state index contributed by atoms with van der Waals surface area (Å²) in [5.41, 5.74) is 3.02. The van der Waals surface area contributed by atoms with Gasteiger partial charge in [-0.05, 0) is 60.9 Å². The van der Waals surface area contributed by atoms with Crippen molar-refractivity contribution in [2.24, 2.45) is 0 Å². The van der Waals surface area contributed by atoms with Crippen LogP contribution in [0.5, 0.6) is 0 Å². The predicted octanol–water partition coefficient (Wildman–Crippen LogP) is 4.31. The van der Waals surface area contributed by atoms with Gasteiger partial charge in [0.1, 0.15) is 11.8 Å². The van der Waals surface area contributed by atoms with Crippen molar-refractivity contribution in [3.8, 4) is 0 Å². The van der Waals surface area contributed by atoms with Crippen LogP contribution in [-0.4, -0.2) is 24.3 Å². The molecule has 0 aliphatic carbocycles. The highest BCUT2D eigenvalue weighted by Crippen LogP contribution is 2.32. The van der Waals surface area contributed by atoms with E-state index in [0.29, 0.717) is 17.0 Å². The highest BCUT2D eigenvalue weighted by Gasteiger charge is 2.34. The summed E-state index contributed by atoms with van der Waals surface area (Å²) in [6.45, 7) is 3.67. The van der Waals surface area contributed by atoms with Gasteiger partial charge >= 0.3 is 0 Å². The molecular formula is C28H27N3O5. The molecule has 36 heavy (non-hydrogen) atoms. The zero-order valence-electron chi connectivity index (χ0n) is 20.1. The first-order valence-corrected chi connectivity index (χ1v) is 11.5. The zero-order valence-corrected chi connectivity index (χ0v) is 20.1. The average Bonchev–Trinajstić information content (AvgIpc) is 3.61. The fourth-order valence-corrected chi connectivity index (χ4v) is 3.89. The zero-order chi connectivity index (χ0) is 25.5. The maximum Gasteiger partial charge on any atom is 0.287 e. The molecule has 0 saturated heterocycles. The highest BCUT2D eigenvalue weighted by atomic mass is 16.3. The Morgan fingerprint density at radius 2 is 1.58 bits per heavy atom. The number of aryl methyl sites for hydroxylation is 1. The number of hydrogen-bond acceptors (Lipinski definition) is 5. The van der Waals surface area contributed by atoms with E-state index in [2.05, 4.69) is 10.6 Å². The van der Waals surface area contributed by atoms with Gasteiger partial charge in [0, 0.05) is 5.69 Å². The third-order valence-electron chi connectivity index (χ3n) is 5.89. The highest BCUT2D eigenvalue weighted by molar-refractivity contribution is 6.04. The maximum absolute atomic E-state index is 13.7. The SMILES string of the molecule is Cc1cccc(N(C(=O)CNC(=O)c2ccco2)C(C(=O)NCc2ccco2)c2ccccc2)c1C. The van der Waals surface area contributed by atoms with E-state index in [-0.39, 0.29) is 24.8 Å². The summed E-state index contributed by atoms with van der Waals surface area (Å²) in [4.78, 5) is 41.2. The van der Waals surface area contributed by atoms with Gasteiger partial charge in [-0.15, -0.1) is 0 Å². The molecule has 2 aromatic carbocycles. The van der Waals surface area contributed by atoms with Gasteiger partial charge in [0.25, 0.3) is 5.91 Å². The first-order chi connectivity index (χ1) is 17.5. The molecule has 0 radical (unpaired) electrons. The normalized spacial score (nSPS) is 11.5. The van der Waals surface area contributed by atoms with Gasteiger partial charge in [-0.25, -0.2) is 0 Å². The second-order valence-corrected chi connectivity index (χ2v) is 8.25. The number of rotatable bonds is 9. The summed E-state index contributed by atoms with van der Waals surface area (Å²) < 4.78 is 10.5. The molecule has 1 atom stereocenters. The van der Waals surface area contributed by atoms with Gasteiger partial charge < -0.3 is 19.5 Å².